The van der Waals surface area contributed by atoms with Crippen LogP contribution in [-0.2, 0) is 9.59 Å². The summed E-state index contributed by atoms with van der Waals surface area (Å²) in [6.45, 7) is 1.72. The second-order valence-electron chi connectivity index (χ2n) is 4.33. The number of aryl methyl sites for hydroxylation is 1. The third-order valence-electron chi connectivity index (χ3n) is 2.76. The average Bonchev–Trinajstić information content (AvgIpc) is 2.41. The van der Waals surface area contributed by atoms with Crippen LogP contribution in [0, 0.1) is 17.0 Å². The first-order chi connectivity index (χ1) is 9.47. The molecule has 0 spiro atoms. The van der Waals surface area contributed by atoms with E-state index >= 15 is 0 Å². The second-order valence-corrected chi connectivity index (χ2v) is 4.33. The summed E-state index contributed by atoms with van der Waals surface area (Å²) in [5.41, 5.74) is 2.98. The molecule has 0 fully saturated rings. The van der Waals surface area contributed by atoms with Crippen molar-refractivity contribution < 1.29 is 14.5 Å². The zero-order valence-electron chi connectivity index (χ0n) is 10.7. The maximum Gasteiger partial charge on any atom is 0.293 e. The van der Waals surface area contributed by atoms with Crippen LogP contribution in [0.5, 0.6) is 0 Å². The molecule has 0 radical (unpaired) electrons. The molecule has 20 heavy (non-hydrogen) atoms. The molecule has 2 N–H and O–H groups in total. The number of nitrogens with zero attached hydrogens (tertiary/aromatic N) is 2. The molecular formula is C12H12N4O4. The largest absolute Gasteiger partial charge is 0.315 e. The molecular weight excluding hydrogens is 264 g/mol. The highest BCUT2D eigenvalue weighted by molar-refractivity contribution is 6.43. The van der Waals surface area contributed by atoms with Crippen molar-refractivity contribution in [3.05, 3.63) is 33.9 Å². The quantitative estimate of drug-likeness (QED) is 0.635. The molecule has 104 valence electrons. The molecule has 1 heterocycles. The maximum atomic E-state index is 11.9. The van der Waals surface area contributed by atoms with Crippen LogP contribution in [-0.4, -0.2) is 22.4 Å². The number of nitro groups is 1. The lowest BCUT2D eigenvalue weighted by atomic mass is 10.1. The number of carbonyl (C=O) groups is 2. The predicted octanol–water partition coefficient (Wildman–Crippen LogP) is 1.11. The Morgan fingerprint density at radius 1 is 1.45 bits per heavy atom. The average molecular weight is 276 g/mol. The molecule has 8 nitrogen and oxygen atoms in total. The van der Waals surface area contributed by atoms with Crippen LogP contribution in [0.1, 0.15) is 18.4 Å². The van der Waals surface area contributed by atoms with E-state index in [1.807, 2.05) is 0 Å². The Labute approximate surface area is 114 Å². The summed E-state index contributed by atoms with van der Waals surface area (Å²) in [5.74, 6) is -0.820. The van der Waals surface area contributed by atoms with Gasteiger partial charge < -0.3 is 5.32 Å². The summed E-state index contributed by atoms with van der Waals surface area (Å²) < 4.78 is 0. The molecule has 0 aliphatic carbocycles. The zero-order valence-corrected chi connectivity index (χ0v) is 10.7. The lowest BCUT2D eigenvalue weighted by molar-refractivity contribution is -0.384. The normalized spacial score (nSPS) is 14.2. The fourth-order valence-corrected chi connectivity index (χ4v) is 1.73. The smallest absolute Gasteiger partial charge is 0.293 e. The second kappa shape index (κ2) is 5.47. The van der Waals surface area contributed by atoms with Gasteiger partial charge in [0.25, 0.3) is 11.6 Å². The molecule has 2 amide bonds. The van der Waals surface area contributed by atoms with Gasteiger partial charge in [0.05, 0.1) is 4.92 Å². The van der Waals surface area contributed by atoms with Crippen LogP contribution < -0.4 is 10.7 Å². The number of hydrazone groups is 1. The van der Waals surface area contributed by atoms with Crippen LogP contribution >= 0.6 is 0 Å². The number of nitrogens with one attached hydrogen (secondary N) is 2. The highest BCUT2D eigenvalue weighted by Crippen LogP contribution is 2.25. The molecule has 0 saturated carbocycles. The van der Waals surface area contributed by atoms with E-state index in [1.165, 1.54) is 12.1 Å². The van der Waals surface area contributed by atoms with Gasteiger partial charge in [-0.15, -0.1) is 0 Å². The van der Waals surface area contributed by atoms with Crippen molar-refractivity contribution in [2.45, 2.75) is 19.8 Å². The first kappa shape index (κ1) is 13.7. The van der Waals surface area contributed by atoms with Crippen molar-refractivity contribution >= 4 is 28.9 Å². The summed E-state index contributed by atoms with van der Waals surface area (Å²) in [6, 6.07) is 4.50. The van der Waals surface area contributed by atoms with Gasteiger partial charge in [-0.1, -0.05) is 6.07 Å². The van der Waals surface area contributed by atoms with Gasteiger partial charge in [0, 0.05) is 18.9 Å². The zero-order chi connectivity index (χ0) is 14.7. The Morgan fingerprint density at radius 3 is 2.80 bits per heavy atom. The third-order valence-corrected chi connectivity index (χ3v) is 2.76. The van der Waals surface area contributed by atoms with E-state index in [0.717, 1.165) is 5.56 Å². The van der Waals surface area contributed by atoms with Gasteiger partial charge in [0.2, 0.25) is 5.91 Å². The highest BCUT2D eigenvalue weighted by Gasteiger charge is 2.21. The topological polar surface area (TPSA) is 114 Å². The van der Waals surface area contributed by atoms with Gasteiger partial charge in [-0.05, 0) is 18.6 Å². The Kier molecular flexibility index (Phi) is 3.74. The summed E-state index contributed by atoms with van der Waals surface area (Å²) in [6.07, 6.45) is 0.375. The van der Waals surface area contributed by atoms with Crippen LogP contribution in [0.3, 0.4) is 0 Å². The van der Waals surface area contributed by atoms with Crippen LogP contribution in [0.2, 0.25) is 0 Å². The molecule has 8 heteroatoms. The Bertz CT molecular complexity index is 624. The first-order valence-corrected chi connectivity index (χ1v) is 5.89. The number of carbonyl (C=O) groups excluding carboxylic acids is 2. The van der Waals surface area contributed by atoms with Gasteiger partial charge in [-0.25, -0.2) is 5.43 Å². The van der Waals surface area contributed by atoms with Crippen molar-refractivity contribution in [2.24, 2.45) is 5.10 Å². The minimum Gasteiger partial charge on any atom is -0.315 e. The van der Waals surface area contributed by atoms with E-state index < -0.39 is 10.8 Å². The molecule has 1 aromatic rings. The van der Waals surface area contributed by atoms with Gasteiger partial charge in [-0.2, -0.15) is 5.10 Å². The minimum atomic E-state index is -0.562. The lowest BCUT2D eigenvalue weighted by Gasteiger charge is -2.12. The standard InChI is InChI=1S/C12H12N4O4/c1-7-2-3-8(10(6-7)16(19)20)13-12(18)9-4-5-11(17)15-14-9/h2-3,6H,4-5H2,1H3,(H,13,18)(H,15,17). The number of hydrogen-bond donors (Lipinski definition) is 2. The van der Waals surface area contributed by atoms with Gasteiger partial charge in [0.15, 0.2) is 0 Å². The Balaban J connectivity index is 2.20. The van der Waals surface area contributed by atoms with Crippen molar-refractivity contribution in [1.29, 1.82) is 0 Å². The van der Waals surface area contributed by atoms with Crippen LogP contribution in [0.4, 0.5) is 11.4 Å². The molecule has 0 aromatic heterocycles. The number of amides is 2. The molecule has 0 unspecified atom stereocenters. The Hall–Kier alpha value is -2.77. The molecule has 0 saturated heterocycles. The summed E-state index contributed by atoms with van der Waals surface area (Å²) >= 11 is 0. The Morgan fingerprint density at radius 2 is 2.20 bits per heavy atom. The fourth-order valence-electron chi connectivity index (χ4n) is 1.73. The molecule has 1 aromatic carbocycles. The van der Waals surface area contributed by atoms with E-state index in [2.05, 4.69) is 15.8 Å². The lowest BCUT2D eigenvalue weighted by Crippen LogP contribution is -2.32. The number of rotatable bonds is 3. The predicted molar refractivity (Wildman–Crippen MR) is 71.3 cm³/mol. The van der Waals surface area contributed by atoms with Crippen LogP contribution in [0.15, 0.2) is 23.3 Å². The number of anilines is 1. The SMILES string of the molecule is Cc1ccc(NC(=O)C2=NNC(=O)CC2)c([N+](=O)[O-])c1. The first-order valence-electron chi connectivity index (χ1n) is 5.89. The van der Waals surface area contributed by atoms with Crippen molar-refractivity contribution in [3.63, 3.8) is 0 Å². The molecule has 0 atom stereocenters. The molecule has 2 rings (SSSR count). The molecule has 1 aliphatic heterocycles. The van der Waals surface area contributed by atoms with E-state index in [0.29, 0.717) is 0 Å². The van der Waals surface area contributed by atoms with Gasteiger partial charge >= 0.3 is 0 Å². The third kappa shape index (κ3) is 2.97. The summed E-state index contributed by atoms with van der Waals surface area (Å²) in [4.78, 5) is 33.2. The fraction of sp³-hybridized carbons (Fsp3) is 0.250. The van der Waals surface area contributed by atoms with Crippen molar-refractivity contribution in [1.82, 2.24) is 5.43 Å². The summed E-state index contributed by atoms with van der Waals surface area (Å²) in [7, 11) is 0. The minimum absolute atomic E-state index is 0.102. The van der Waals surface area contributed by atoms with Gasteiger partial charge in [-0.3, -0.25) is 19.7 Å². The van der Waals surface area contributed by atoms with Crippen molar-refractivity contribution in [3.8, 4) is 0 Å². The highest BCUT2D eigenvalue weighted by atomic mass is 16.6. The monoisotopic (exact) mass is 276 g/mol. The van der Waals surface area contributed by atoms with E-state index in [9.17, 15) is 19.7 Å². The molecule has 0 bridgehead atoms. The van der Waals surface area contributed by atoms with Gasteiger partial charge in [0.1, 0.15) is 11.4 Å². The number of benzene rings is 1. The number of hydrogen-bond acceptors (Lipinski definition) is 5. The molecule has 1 aliphatic rings. The van der Waals surface area contributed by atoms with E-state index in [4.69, 9.17) is 0 Å². The van der Waals surface area contributed by atoms with Crippen LogP contribution in [0.25, 0.3) is 0 Å². The van der Waals surface area contributed by atoms with Crippen molar-refractivity contribution in [2.75, 3.05) is 5.32 Å². The number of nitro benzene ring substituents is 1. The van der Waals surface area contributed by atoms with E-state index in [1.54, 1.807) is 13.0 Å². The summed E-state index contributed by atoms with van der Waals surface area (Å²) in [5, 5.41) is 17.0. The van der Waals surface area contributed by atoms with E-state index in [-0.39, 0.29) is 35.8 Å². The maximum absolute atomic E-state index is 11.9.